The minimum absolute atomic E-state index is 0.0860. The maximum atomic E-state index is 13.3. The Balaban J connectivity index is 1.60. The van der Waals surface area contributed by atoms with Crippen molar-refractivity contribution in [2.24, 2.45) is 0 Å². The predicted octanol–water partition coefficient (Wildman–Crippen LogP) is 4.19. The zero-order chi connectivity index (χ0) is 20.4. The number of thiophene rings is 1. The highest BCUT2D eigenvalue weighted by Gasteiger charge is 2.43. The molecule has 0 saturated heterocycles. The van der Waals surface area contributed by atoms with E-state index in [0.717, 1.165) is 16.1 Å². The third-order valence-electron chi connectivity index (χ3n) is 5.18. The summed E-state index contributed by atoms with van der Waals surface area (Å²) in [5, 5.41) is 8.33. The van der Waals surface area contributed by atoms with Gasteiger partial charge in [-0.25, -0.2) is 0 Å². The molecule has 6 heteroatoms. The first kappa shape index (κ1) is 19.4. The van der Waals surface area contributed by atoms with Crippen molar-refractivity contribution in [1.29, 1.82) is 0 Å². The summed E-state index contributed by atoms with van der Waals surface area (Å²) in [6, 6.07) is 21.5. The summed E-state index contributed by atoms with van der Waals surface area (Å²) in [5.74, 6) is -0.336. The van der Waals surface area contributed by atoms with Gasteiger partial charge in [0, 0.05) is 4.88 Å². The molecule has 0 fully saturated rings. The first-order chi connectivity index (χ1) is 14.0. The summed E-state index contributed by atoms with van der Waals surface area (Å²) < 4.78 is 0. The van der Waals surface area contributed by atoms with Crippen molar-refractivity contribution in [2.45, 2.75) is 25.4 Å². The molecule has 2 N–H and O–H groups in total. The number of para-hydroxylation sites is 2. The molecule has 1 aromatic heterocycles. The summed E-state index contributed by atoms with van der Waals surface area (Å²) >= 11 is 1.65. The number of nitrogens with zero attached hydrogens (tertiary/aromatic N) is 1. The van der Waals surface area contributed by atoms with E-state index in [1.54, 1.807) is 30.1 Å². The maximum Gasteiger partial charge on any atom is 0.250 e. The predicted molar refractivity (Wildman–Crippen MR) is 117 cm³/mol. The summed E-state index contributed by atoms with van der Waals surface area (Å²) in [4.78, 5) is 28.7. The molecule has 0 unspecified atom stereocenters. The van der Waals surface area contributed by atoms with Crippen LogP contribution in [0, 0.1) is 0 Å². The van der Waals surface area contributed by atoms with Crippen molar-refractivity contribution in [3.63, 3.8) is 0 Å². The Labute approximate surface area is 174 Å². The fourth-order valence-corrected chi connectivity index (χ4v) is 4.48. The number of hydrogen-bond donors (Lipinski definition) is 2. The molecule has 0 aliphatic carbocycles. The number of nitrogens with one attached hydrogen (secondary N) is 2. The highest BCUT2D eigenvalue weighted by molar-refractivity contribution is 7.10. The van der Waals surface area contributed by atoms with Crippen LogP contribution >= 0.6 is 11.3 Å². The fraction of sp³-hybridized carbons (Fsp3) is 0.217. The minimum atomic E-state index is -0.974. The Hall–Kier alpha value is -2.96. The van der Waals surface area contributed by atoms with Crippen molar-refractivity contribution in [2.75, 3.05) is 16.8 Å². The molecule has 2 heterocycles. The second kappa shape index (κ2) is 7.81. The van der Waals surface area contributed by atoms with Gasteiger partial charge in [-0.05, 0) is 43.0 Å². The molecule has 0 bridgehead atoms. The monoisotopic (exact) mass is 405 g/mol. The number of carbonyl (C=O) groups is 2. The average Bonchev–Trinajstić information content (AvgIpc) is 3.24. The summed E-state index contributed by atoms with van der Waals surface area (Å²) in [7, 11) is 0. The summed E-state index contributed by atoms with van der Waals surface area (Å²) in [5.41, 5.74) is 1.50. The molecule has 0 radical (unpaired) electrons. The van der Waals surface area contributed by atoms with Gasteiger partial charge in [-0.3, -0.25) is 19.8 Å². The highest BCUT2D eigenvalue weighted by atomic mass is 32.1. The molecule has 5 nitrogen and oxygen atoms in total. The summed E-state index contributed by atoms with van der Waals surface area (Å²) in [6.07, 6.45) is 0. The zero-order valence-electron chi connectivity index (χ0n) is 16.4. The summed E-state index contributed by atoms with van der Waals surface area (Å²) in [6.45, 7) is 3.65. The van der Waals surface area contributed by atoms with Crippen LogP contribution in [-0.4, -0.2) is 23.9 Å². The molecular weight excluding hydrogens is 382 g/mol. The van der Waals surface area contributed by atoms with Crippen molar-refractivity contribution < 1.29 is 9.59 Å². The number of carbonyl (C=O) groups excluding carboxylic acids is 2. The van der Waals surface area contributed by atoms with E-state index in [1.807, 2.05) is 53.9 Å². The third kappa shape index (κ3) is 3.69. The van der Waals surface area contributed by atoms with Crippen LogP contribution in [0.15, 0.2) is 72.1 Å². The van der Waals surface area contributed by atoms with Crippen LogP contribution < -0.4 is 15.5 Å². The van der Waals surface area contributed by atoms with Crippen molar-refractivity contribution in [3.05, 3.63) is 82.6 Å². The smallest absolute Gasteiger partial charge is 0.250 e. The van der Waals surface area contributed by atoms with Gasteiger partial charge in [0.2, 0.25) is 11.8 Å². The SMILES string of the molecule is CC1(C)C(=O)Nc2ccccc2N1C(=O)CN[C@H](c1ccccc1)c1cccs1. The minimum Gasteiger partial charge on any atom is -0.322 e. The van der Waals surface area contributed by atoms with Crippen molar-refractivity contribution in [1.82, 2.24) is 5.32 Å². The van der Waals surface area contributed by atoms with Crippen molar-refractivity contribution >= 4 is 34.5 Å². The molecule has 4 rings (SSSR count). The van der Waals surface area contributed by atoms with E-state index in [-0.39, 0.29) is 24.4 Å². The van der Waals surface area contributed by atoms with E-state index in [0.29, 0.717) is 5.69 Å². The number of anilines is 2. The Bertz CT molecular complexity index is 1020. The van der Waals surface area contributed by atoms with E-state index >= 15 is 0 Å². The molecule has 2 amide bonds. The molecule has 1 atom stereocenters. The molecule has 3 aromatic rings. The normalized spacial score (nSPS) is 16.1. The zero-order valence-corrected chi connectivity index (χ0v) is 17.2. The van der Waals surface area contributed by atoms with Crippen LogP contribution in [0.3, 0.4) is 0 Å². The van der Waals surface area contributed by atoms with Gasteiger partial charge in [0.1, 0.15) is 5.54 Å². The van der Waals surface area contributed by atoms with Crippen LogP contribution in [0.5, 0.6) is 0 Å². The van der Waals surface area contributed by atoms with Crippen LogP contribution in [-0.2, 0) is 9.59 Å². The Kier molecular flexibility index (Phi) is 5.22. The molecule has 0 spiro atoms. The van der Waals surface area contributed by atoms with Gasteiger partial charge in [-0.15, -0.1) is 11.3 Å². The first-order valence-electron chi connectivity index (χ1n) is 9.54. The lowest BCUT2D eigenvalue weighted by Gasteiger charge is -2.42. The van der Waals surface area contributed by atoms with E-state index in [1.165, 1.54) is 0 Å². The lowest BCUT2D eigenvalue weighted by molar-refractivity contribution is -0.126. The Morgan fingerprint density at radius 2 is 1.79 bits per heavy atom. The van der Waals surface area contributed by atoms with E-state index in [2.05, 4.69) is 28.8 Å². The van der Waals surface area contributed by atoms with Crippen LogP contribution in [0.2, 0.25) is 0 Å². The lowest BCUT2D eigenvalue weighted by Crippen LogP contribution is -2.60. The van der Waals surface area contributed by atoms with Gasteiger partial charge in [0.05, 0.1) is 24.0 Å². The van der Waals surface area contributed by atoms with Gasteiger partial charge >= 0.3 is 0 Å². The van der Waals surface area contributed by atoms with Crippen molar-refractivity contribution in [3.8, 4) is 0 Å². The Morgan fingerprint density at radius 1 is 1.07 bits per heavy atom. The van der Waals surface area contributed by atoms with E-state index in [4.69, 9.17) is 0 Å². The first-order valence-corrected chi connectivity index (χ1v) is 10.4. The molecule has 29 heavy (non-hydrogen) atoms. The lowest BCUT2D eigenvalue weighted by atomic mass is 9.96. The topological polar surface area (TPSA) is 61.4 Å². The van der Waals surface area contributed by atoms with Gasteiger partial charge in [-0.1, -0.05) is 48.5 Å². The number of benzene rings is 2. The second-order valence-corrected chi connectivity index (χ2v) is 8.48. The van der Waals surface area contributed by atoms with Crippen LogP contribution in [0.1, 0.15) is 30.3 Å². The van der Waals surface area contributed by atoms with Gasteiger partial charge in [-0.2, -0.15) is 0 Å². The third-order valence-corrected chi connectivity index (χ3v) is 6.11. The Morgan fingerprint density at radius 3 is 2.52 bits per heavy atom. The maximum absolute atomic E-state index is 13.3. The number of rotatable bonds is 5. The molecule has 0 saturated carbocycles. The number of fused-ring (bicyclic) bond motifs is 1. The molecule has 148 valence electrons. The molecule has 1 aliphatic heterocycles. The standard InChI is InChI=1S/C23H23N3O2S/c1-23(2)22(28)25-17-11-6-7-12-18(17)26(23)20(27)15-24-21(19-13-8-14-29-19)16-9-4-3-5-10-16/h3-14,21,24H,15H2,1-2H3,(H,25,28)/t21-/m1/s1. The average molecular weight is 406 g/mol. The van der Waals surface area contributed by atoms with Crippen LogP contribution in [0.25, 0.3) is 0 Å². The quantitative estimate of drug-likeness (QED) is 0.669. The molecular formula is C23H23N3O2S. The highest BCUT2D eigenvalue weighted by Crippen LogP contribution is 2.36. The van der Waals surface area contributed by atoms with Gasteiger partial charge in [0.15, 0.2) is 0 Å². The van der Waals surface area contributed by atoms with Gasteiger partial charge < -0.3 is 5.32 Å². The van der Waals surface area contributed by atoms with E-state index < -0.39 is 5.54 Å². The molecule has 1 aliphatic rings. The van der Waals surface area contributed by atoms with Gasteiger partial charge in [0.25, 0.3) is 0 Å². The largest absolute Gasteiger partial charge is 0.322 e. The number of amides is 2. The second-order valence-electron chi connectivity index (χ2n) is 7.50. The fourth-order valence-electron chi connectivity index (χ4n) is 3.65. The molecule has 2 aromatic carbocycles. The number of hydrogen-bond acceptors (Lipinski definition) is 4. The van der Waals surface area contributed by atoms with E-state index in [9.17, 15) is 9.59 Å². The van der Waals surface area contributed by atoms with Crippen LogP contribution in [0.4, 0.5) is 11.4 Å².